The monoisotopic (exact) mass is 479 g/mol. The lowest BCUT2D eigenvalue weighted by atomic mass is 10.0. The summed E-state index contributed by atoms with van der Waals surface area (Å²) < 4.78 is 25.4. The predicted molar refractivity (Wildman–Crippen MR) is 115 cm³/mol. The SMILES string of the molecule is COc1cc(/C=C/C(=O)N[C@H](C(=O)O)C(C)C)cc(Br)c1OCc1ccccc1F. The van der Waals surface area contributed by atoms with Gasteiger partial charge in [-0.25, -0.2) is 9.18 Å². The summed E-state index contributed by atoms with van der Waals surface area (Å²) in [5.74, 6) is -1.43. The normalized spacial score (nSPS) is 12.1. The van der Waals surface area contributed by atoms with E-state index in [1.165, 1.54) is 25.3 Å². The molecule has 30 heavy (non-hydrogen) atoms. The fourth-order valence-corrected chi connectivity index (χ4v) is 3.20. The summed E-state index contributed by atoms with van der Waals surface area (Å²) >= 11 is 3.41. The fourth-order valence-electron chi connectivity index (χ4n) is 2.63. The van der Waals surface area contributed by atoms with Crippen molar-refractivity contribution in [2.45, 2.75) is 26.5 Å². The van der Waals surface area contributed by atoms with Gasteiger partial charge in [0.15, 0.2) is 11.5 Å². The topological polar surface area (TPSA) is 84.9 Å². The lowest BCUT2D eigenvalue weighted by molar-refractivity contribution is -0.142. The molecule has 0 aliphatic heterocycles. The molecule has 2 N–H and O–H groups in total. The fraction of sp³-hybridized carbons (Fsp3) is 0.273. The van der Waals surface area contributed by atoms with Crippen molar-refractivity contribution in [3.05, 3.63) is 63.9 Å². The molecule has 6 nitrogen and oxygen atoms in total. The van der Waals surface area contributed by atoms with Crippen molar-refractivity contribution in [1.29, 1.82) is 0 Å². The average Bonchev–Trinajstić information content (AvgIpc) is 2.69. The van der Waals surface area contributed by atoms with Crippen LogP contribution in [0.3, 0.4) is 0 Å². The second-order valence-electron chi connectivity index (χ2n) is 6.82. The van der Waals surface area contributed by atoms with Gasteiger partial charge >= 0.3 is 5.97 Å². The first-order valence-corrected chi connectivity index (χ1v) is 9.97. The van der Waals surface area contributed by atoms with Gasteiger partial charge in [-0.2, -0.15) is 0 Å². The minimum atomic E-state index is -1.09. The van der Waals surface area contributed by atoms with E-state index in [1.807, 2.05) is 0 Å². The van der Waals surface area contributed by atoms with Crippen LogP contribution >= 0.6 is 15.9 Å². The molecule has 0 aliphatic rings. The molecule has 2 aromatic carbocycles. The Hall–Kier alpha value is -2.87. The number of hydrogen-bond donors (Lipinski definition) is 2. The molecule has 0 unspecified atom stereocenters. The van der Waals surface area contributed by atoms with Gasteiger partial charge in [-0.05, 0) is 51.7 Å². The van der Waals surface area contributed by atoms with Crippen LogP contribution in [0.2, 0.25) is 0 Å². The first-order valence-electron chi connectivity index (χ1n) is 9.18. The number of rotatable bonds is 9. The Balaban J connectivity index is 2.14. The molecule has 160 valence electrons. The van der Waals surface area contributed by atoms with Crippen LogP contribution < -0.4 is 14.8 Å². The lowest BCUT2D eigenvalue weighted by Crippen LogP contribution is -2.43. The standard InChI is InChI=1S/C22H23BrFNO5/c1-13(2)20(22(27)28)25-19(26)9-8-14-10-16(23)21(18(11-14)29-3)30-12-15-6-4-5-7-17(15)24/h4-11,13,20H,12H2,1-3H3,(H,25,26)(H,27,28)/b9-8+/t20-/m0/s1. The molecule has 0 saturated heterocycles. The van der Waals surface area contributed by atoms with Crippen molar-refractivity contribution in [2.24, 2.45) is 5.92 Å². The highest BCUT2D eigenvalue weighted by atomic mass is 79.9. The maximum atomic E-state index is 13.8. The van der Waals surface area contributed by atoms with E-state index in [1.54, 1.807) is 44.2 Å². The van der Waals surface area contributed by atoms with Gasteiger partial charge in [-0.3, -0.25) is 4.79 Å². The Kier molecular flexibility index (Phi) is 8.41. The molecule has 0 heterocycles. The van der Waals surface area contributed by atoms with E-state index < -0.39 is 17.9 Å². The largest absolute Gasteiger partial charge is 0.493 e. The smallest absolute Gasteiger partial charge is 0.326 e. The summed E-state index contributed by atoms with van der Waals surface area (Å²) in [5, 5.41) is 11.6. The number of methoxy groups -OCH3 is 1. The van der Waals surface area contributed by atoms with Crippen molar-refractivity contribution < 1.29 is 28.6 Å². The van der Waals surface area contributed by atoms with Crippen LogP contribution in [0.1, 0.15) is 25.0 Å². The van der Waals surface area contributed by atoms with Crippen LogP contribution in [0.4, 0.5) is 4.39 Å². The molecule has 2 aromatic rings. The number of benzene rings is 2. The number of amides is 1. The summed E-state index contributed by atoms with van der Waals surface area (Å²) in [7, 11) is 1.47. The molecule has 2 rings (SSSR count). The number of carbonyl (C=O) groups excluding carboxylic acids is 1. The molecule has 0 aromatic heterocycles. The van der Waals surface area contributed by atoms with E-state index in [9.17, 15) is 14.0 Å². The van der Waals surface area contributed by atoms with Crippen LogP contribution in [0.15, 0.2) is 46.9 Å². The second kappa shape index (κ2) is 10.8. The summed E-state index contributed by atoms with van der Waals surface area (Å²) in [6.07, 6.45) is 2.78. The summed E-state index contributed by atoms with van der Waals surface area (Å²) in [6, 6.07) is 8.71. The second-order valence-corrected chi connectivity index (χ2v) is 7.67. The van der Waals surface area contributed by atoms with E-state index in [0.29, 0.717) is 27.1 Å². The number of nitrogens with one attached hydrogen (secondary N) is 1. The highest BCUT2D eigenvalue weighted by molar-refractivity contribution is 9.10. The van der Waals surface area contributed by atoms with Gasteiger partial charge in [0.2, 0.25) is 5.91 Å². The van der Waals surface area contributed by atoms with Crippen molar-refractivity contribution in [2.75, 3.05) is 7.11 Å². The Labute approximate surface area is 182 Å². The van der Waals surface area contributed by atoms with Crippen molar-refractivity contribution in [3.63, 3.8) is 0 Å². The Morgan fingerprint density at radius 2 is 1.97 bits per heavy atom. The minimum absolute atomic E-state index is 0.0189. The number of carboxylic acid groups (broad SMARTS) is 1. The first-order chi connectivity index (χ1) is 14.2. The van der Waals surface area contributed by atoms with Crippen molar-refractivity contribution in [1.82, 2.24) is 5.32 Å². The molecule has 0 aliphatic carbocycles. The minimum Gasteiger partial charge on any atom is -0.493 e. The van der Waals surface area contributed by atoms with Gasteiger partial charge in [0.05, 0.1) is 11.6 Å². The molecule has 8 heteroatoms. The average molecular weight is 480 g/mol. The number of aliphatic carboxylic acids is 1. The van der Waals surface area contributed by atoms with Gasteiger partial charge in [0.25, 0.3) is 0 Å². The first kappa shape index (κ1) is 23.4. The third-order valence-corrected chi connectivity index (χ3v) is 4.83. The molecule has 0 bridgehead atoms. The summed E-state index contributed by atoms with van der Waals surface area (Å²) in [6.45, 7) is 3.45. The van der Waals surface area contributed by atoms with Gasteiger partial charge in [-0.15, -0.1) is 0 Å². The van der Waals surface area contributed by atoms with Gasteiger partial charge in [0.1, 0.15) is 18.5 Å². The summed E-state index contributed by atoms with van der Waals surface area (Å²) in [5.41, 5.74) is 1.04. The van der Waals surface area contributed by atoms with Crippen molar-refractivity contribution >= 4 is 33.9 Å². The zero-order chi connectivity index (χ0) is 22.3. The maximum absolute atomic E-state index is 13.8. The third-order valence-electron chi connectivity index (χ3n) is 4.24. The molecular weight excluding hydrogens is 457 g/mol. The zero-order valence-electron chi connectivity index (χ0n) is 16.8. The van der Waals surface area contributed by atoms with Crippen LogP contribution in [0.25, 0.3) is 6.08 Å². The number of halogens is 2. The molecular formula is C22H23BrFNO5. The van der Waals surface area contributed by atoms with Crippen molar-refractivity contribution in [3.8, 4) is 11.5 Å². The Morgan fingerprint density at radius 3 is 2.57 bits per heavy atom. The highest BCUT2D eigenvalue weighted by Crippen LogP contribution is 2.37. The maximum Gasteiger partial charge on any atom is 0.326 e. The molecule has 0 radical (unpaired) electrons. The Morgan fingerprint density at radius 1 is 1.27 bits per heavy atom. The number of ether oxygens (including phenoxy) is 2. The number of hydrogen-bond acceptors (Lipinski definition) is 4. The van der Waals surface area contributed by atoms with E-state index in [0.717, 1.165) is 0 Å². The summed E-state index contributed by atoms with van der Waals surface area (Å²) in [4.78, 5) is 23.3. The third kappa shape index (κ3) is 6.32. The van der Waals surface area contributed by atoms with Crippen LogP contribution in [0.5, 0.6) is 11.5 Å². The van der Waals surface area contributed by atoms with Crippen LogP contribution in [-0.2, 0) is 16.2 Å². The Bertz CT molecular complexity index is 945. The van der Waals surface area contributed by atoms with E-state index in [2.05, 4.69) is 21.2 Å². The molecule has 1 amide bonds. The number of carboxylic acids is 1. The molecule has 0 spiro atoms. The van der Waals surface area contributed by atoms with Gasteiger partial charge in [0, 0.05) is 11.6 Å². The lowest BCUT2D eigenvalue weighted by Gasteiger charge is -2.16. The predicted octanol–water partition coefficient (Wildman–Crippen LogP) is 4.41. The molecule has 0 saturated carbocycles. The highest BCUT2D eigenvalue weighted by Gasteiger charge is 2.22. The van der Waals surface area contributed by atoms with E-state index in [4.69, 9.17) is 14.6 Å². The van der Waals surface area contributed by atoms with E-state index >= 15 is 0 Å². The number of carbonyl (C=O) groups is 2. The van der Waals surface area contributed by atoms with Crippen LogP contribution in [-0.4, -0.2) is 30.1 Å². The van der Waals surface area contributed by atoms with E-state index in [-0.39, 0.29) is 18.3 Å². The molecule has 0 fully saturated rings. The zero-order valence-corrected chi connectivity index (χ0v) is 18.4. The molecule has 1 atom stereocenters. The van der Waals surface area contributed by atoms with Gasteiger partial charge in [-0.1, -0.05) is 32.0 Å². The van der Waals surface area contributed by atoms with Crippen LogP contribution in [0, 0.1) is 11.7 Å². The quantitative estimate of drug-likeness (QED) is 0.520. The van der Waals surface area contributed by atoms with Gasteiger partial charge < -0.3 is 19.9 Å².